The van der Waals surface area contributed by atoms with E-state index in [2.05, 4.69) is 15.6 Å². The van der Waals surface area contributed by atoms with Crippen LogP contribution >= 0.6 is 0 Å². The van der Waals surface area contributed by atoms with Crippen LogP contribution in [0.3, 0.4) is 0 Å². The lowest BCUT2D eigenvalue weighted by Gasteiger charge is -2.10. The average Bonchev–Trinajstić information content (AvgIpc) is 3.29. The van der Waals surface area contributed by atoms with Gasteiger partial charge < -0.3 is 14.5 Å². The van der Waals surface area contributed by atoms with Crippen LogP contribution in [-0.2, 0) is 7.05 Å². The van der Waals surface area contributed by atoms with Crippen LogP contribution in [0.25, 0.3) is 16.9 Å². The molecule has 8 heteroatoms. The standard InChI is InChI=1S/C19H18N6O2/c1-12-5-4-8-25-11-15(20-18(12)25)13-6-7-17(27-3)14(9-13)21-19(26)16-10-24(2)23-22-16/h4-11H,1-3H3,(H,21,26). The number of nitrogens with one attached hydrogen (secondary N) is 1. The fraction of sp³-hybridized carbons (Fsp3) is 0.158. The normalized spacial score (nSPS) is 10.9. The molecule has 0 unspecified atom stereocenters. The number of ether oxygens (including phenoxy) is 1. The Kier molecular flexibility index (Phi) is 4.08. The first-order valence-electron chi connectivity index (χ1n) is 8.35. The number of aromatic nitrogens is 5. The van der Waals surface area contributed by atoms with E-state index >= 15 is 0 Å². The van der Waals surface area contributed by atoms with Crippen molar-refractivity contribution >= 4 is 17.2 Å². The van der Waals surface area contributed by atoms with Crippen LogP contribution in [0.5, 0.6) is 5.75 Å². The van der Waals surface area contributed by atoms with E-state index in [4.69, 9.17) is 9.72 Å². The predicted octanol–water partition coefficient (Wildman–Crippen LogP) is 2.70. The van der Waals surface area contributed by atoms with E-state index in [1.165, 1.54) is 4.68 Å². The molecule has 0 radical (unpaired) electrons. The van der Waals surface area contributed by atoms with Crippen molar-refractivity contribution in [3.8, 4) is 17.0 Å². The Labute approximate surface area is 155 Å². The lowest BCUT2D eigenvalue weighted by Crippen LogP contribution is -2.13. The first-order chi connectivity index (χ1) is 13.0. The minimum atomic E-state index is -0.357. The fourth-order valence-electron chi connectivity index (χ4n) is 2.90. The van der Waals surface area contributed by atoms with E-state index in [0.717, 1.165) is 22.5 Å². The summed E-state index contributed by atoms with van der Waals surface area (Å²) >= 11 is 0. The van der Waals surface area contributed by atoms with E-state index in [0.29, 0.717) is 11.4 Å². The van der Waals surface area contributed by atoms with E-state index in [9.17, 15) is 4.79 Å². The molecule has 4 rings (SSSR count). The molecule has 0 aliphatic rings. The van der Waals surface area contributed by atoms with Gasteiger partial charge in [-0.3, -0.25) is 9.48 Å². The minimum Gasteiger partial charge on any atom is -0.495 e. The molecular weight excluding hydrogens is 344 g/mol. The molecule has 1 amide bonds. The van der Waals surface area contributed by atoms with Crippen LogP contribution < -0.4 is 10.1 Å². The van der Waals surface area contributed by atoms with Crippen molar-refractivity contribution in [1.29, 1.82) is 0 Å². The molecule has 8 nitrogen and oxygen atoms in total. The van der Waals surface area contributed by atoms with Gasteiger partial charge in [0.1, 0.15) is 11.4 Å². The molecule has 0 saturated heterocycles. The third-order valence-corrected chi connectivity index (χ3v) is 4.26. The Hall–Kier alpha value is -3.68. The lowest BCUT2D eigenvalue weighted by molar-refractivity contribution is 0.102. The summed E-state index contributed by atoms with van der Waals surface area (Å²) in [6.45, 7) is 2.02. The van der Waals surface area contributed by atoms with Crippen LogP contribution in [0, 0.1) is 6.92 Å². The van der Waals surface area contributed by atoms with Crippen molar-refractivity contribution < 1.29 is 9.53 Å². The number of imidazole rings is 1. The summed E-state index contributed by atoms with van der Waals surface area (Å²) < 4.78 is 8.83. The average molecular weight is 362 g/mol. The highest BCUT2D eigenvalue weighted by atomic mass is 16.5. The Balaban J connectivity index is 1.71. The van der Waals surface area contributed by atoms with E-state index in [1.807, 2.05) is 48.0 Å². The zero-order chi connectivity index (χ0) is 19.0. The molecule has 0 spiro atoms. The number of carbonyl (C=O) groups is 1. The summed E-state index contributed by atoms with van der Waals surface area (Å²) in [5.74, 6) is 0.195. The van der Waals surface area contributed by atoms with Gasteiger partial charge in [-0.25, -0.2) is 4.98 Å². The predicted molar refractivity (Wildman–Crippen MR) is 101 cm³/mol. The van der Waals surface area contributed by atoms with Crippen molar-refractivity contribution in [2.24, 2.45) is 7.05 Å². The molecule has 4 aromatic rings. The smallest absolute Gasteiger partial charge is 0.277 e. The maximum Gasteiger partial charge on any atom is 0.277 e. The summed E-state index contributed by atoms with van der Waals surface area (Å²) in [6, 6.07) is 9.55. The number of nitrogens with zero attached hydrogens (tertiary/aromatic N) is 5. The van der Waals surface area contributed by atoms with E-state index < -0.39 is 0 Å². The molecule has 0 saturated carbocycles. The highest BCUT2D eigenvalue weighted by Gasteiger charge is 2.15. The van der Waals surface area contributed by atoms with Crippen LogP contribution in [-0.4, -0.2) is 37.4 Å². The van der Waals surface area contributed by atoms with Gasteiger partial charge in [-0.1, -0.05) is 11.3 Å². The minimum absolute atomic E-state index is 0.230. The van der Waals surface area contributed by atoms with Gasteiger partial charge in [-0.05, 0) is 36.8 Å². The number of benzene rings is 1. The monoisotopic (exact) mass is 362 g/mol. The Bertz CT molecular complexity index is 1140. The van der Waals surface area contributed by atoms with Crippen molar-refractivity contribution in [2.45, 2.75) is 6.92 Å². The van der Waals surface area contributed by atoms with Crippen LogP contribution in [0.4, 0.5) is 5.69 Å². The number of fused-ring (bicyclic) bond motifs is 1. The largest absolute Gasteiger partial charge is 0.495 e. The van der Waals surface area contributed by atoms with Gasteiger partial charge in [0.05, 0.1) is 24.7 Å². The summed E-state index contributed by atoms with van der Waals surface area (Å²) in [5, 5.41) is 10.4. The van der Waals surface area contributed by atoms with Gasteiger partial charge in [0.25, 0.3) is 5.91 Å². The Morgan fingerprint density at radius 1 is 1.22 bits per heavy atom. The van der Waals surface area contributed by atoms with Crippen LogP contribution in [0.15, 0.2) is 48.9 Å². The SMILES string of the molecule is COc1ccc(-c2cn3cccc(C)c3n2)cc1NC(=O)c1cn(C)nn1. The Morgan fingerprint density at radius 3 is 2.78 bits per heavy atom. The number of aryl methyl sites for hydroxylation is 2. The number of hydrogen-bond donors (Lipinski definition) is 1. The number of methoxy groups -OCH3 is 1. The van der Waals surface area contributed by atoms with Crippen molar-refractivity contribution in [1.82, 2.24) is 24.4 Å². The highest BCUT2D eigenvalue weighted by molar-refractivity contribution is 6.03. The zero-order valence-electron chi connectivity index (χ0n) is 15.2. The van der Waals surface area contributed by atoms with Crippen LogP contribution in [0.1, 0.15) is 16.1 Å². The molecule has 0 aliphatic carbocycles. The third-order valence-electron chi connectivity index (χ3n) is 4.26. The second-order valence-corrected chi connectivity index (χ2v) is 6.19. The third kappa shape index (κ3) is 3.12. The molecular formula is C19H18N6O2. The van der Waals surface area contributed by atoms with Crippen molar-refractivity contribution in [3.63, 3.8) is 0 Å². The molecule has 0 fully saturated rings. The fourth-order valence-corrected chi connectivity index (χ4v) is 2.90. The van der Waals surface area contributed by atoms with Crippen molar-refractivity contribution in [3.05, 3.63) is 60.2 Å². The van der Waals surface area contributed by atoms with Gasteiger partial charge in [0.2, 0.25) is 0 Å². The lowest BCUT2D eigenvalue weighted by atomic mass is 10.1. The molecule has 0 atom stereocenters. The molecule has 0 aliphatic heterocycles. The Morgan fingerprint density at radius 2 is 2.07 bits per heavy atom. The molecule has 3 aromatic heterocycles. The molecule has 0 bridgehead atoms. The van der Waals surface area contributed by atoms with Crippen LogP contribution in [0.2, 0.25) is 0 Å². The zero-order valence-corrected chi connectivity index (χ0v) is 15.2. The molecule has 136 valence electrons. The van der Waals surface area contributed by atoms with Gasteiger partial charge in [-0.15, -0.1) is 5.10 Å². The number of carbonyl (C=O) groups excluding carboxylic acids is 1. The van der Waals surface area contributed by atoms with Gasteiger partial charge in [-0.2, -0.15) is 0 Å². The summed E-state index contributed by atoms with van der Waals surface area (Å²) in [7, 11) is 3.26. The highest BCUT2D eigenvalue weighted by Crippen LogP contribution is 2.31. The van der Waals surface area contributed by atoms with Crippen molar-refractivity contribution in [2.75, 3.05) is 12.4 Å². The number of anilines is 1. The summed E-state index contributed by atoms with van der Waals surface area (Å²) in [4.78, 5) is 17.1. The second-order valence-electron chi connectivity index (χ2n) is 6.19. The maximum absolute atomic E-state index is 12.4. The van der Waals surface area contributed by atoms with Gasteiger partial charge in [0.15, 0.2) is 5.69 Å². The maximum atomic E-state index is 12.4. The summed E-state index contributed by atoms with van der Waals surface area (Å²) in [6.07, 6.45) is 5.47. The molecule has 1 N–H and O–H groups in total. The molecule has 1 aromatic carbocycles. The van der Waals surface area contributed by atoms with Gasteiger partial charge in [0, 0.05) is 25.0 Å². The number of hydrogen-bond acceptors (Lipinski definition) is 5. The molecule has 3 heterocycles. The number of pyridine rings is 1. The molecule has 27 heavy (non-hydrogen) atoms. The van der Waals surface area contributed by atoms with E-state index in [-0.39, 0.29) is 11.6 Å². The van der Waals surface area contributed by atoms with E-state index in [1.54, 1.807) is 26.4 Å². The number of amides is 1. The quantitative estimate of drug-likeness (QED) is 0.603. The van der Waals surface area contributed by atoms with Gasteiger partial charge >= 0.3 is 0 Å². The first kappa shape index (κ1) is 16.8. The topological polar surface area (TPSA) is 86.3 Å². The second kappa shape index (κ2) is 6.56. The first-order valence-corrected chi connectivity index (χ1v) is 8.35. The number of rotatable bonds is 4. The summed E-state index contributed by atoms with van der Waals surface area (Å²) in [5.41, 5.74) is 4.44.